The fourth-order valence-corrected chi connectivity index (χ4v) is 1.30. The highest BCUT2D eigenvalue weighted by Crippen LogP contribution is 2.11. The number of aromatic amines is 1. The van der Waals surface area contributed by atoms with Gasteiger partial charge in [0.15, 0.2) is 0 Å². The highest BCUT2D eigenvalue weighted by Gasteiger charge is 2.07. The molecule has 0 radical (unpaired) electrons. The fourth-order valence-electron chi connectivity index (χ4n) is 1.17. The predicted octanol–water partition coefficient (Wildman–Crippen LogP) is 2.42. The average Bonchev–Trinajstić information content (AvgIpc) is 2.80. The average molecular weight is 237 g/mol. The van der Waals surface area contributed by atoms with E-state index in [1.165, 1.54) is 0 Å². The van der Waals surface area contributed by atoms with Crippen LogP contribution in [0.25, 0.3) is 0 Å². The maximum absolute atomic E-state index is 11.6. The third-order valence-electron chi connectivity index (χ3n) is 2.00. The van der Waals surface area contributed by atoms with Crippen LogP contribution in [0.15, 0.2) is 36.7 Å². The summed E-state index contributed by atoms with van der Waals surface area (Å²) in [5.74, 6) is -0.377. The van der Waals surface area contributed by atoms with Gasteiger partial charge in [-0.2, -0.15) is 5.10 Å². The molecule has 82 valence electrons. The number of hydrogen-bond donors (Lipinski definition) is 1. The molecule has 0 amide bonds. The SMILES string of the molecule is O=C(OCc1cn[nH]c1)c1ccc(Cl)cc1. The molecule has 0 fully saturated rings. The molecule has 0 aliphatic heterocycles. The summed E-state index contributed by atoms with van der Waals surface area (Å²) in [7, 11) is 0. The Kier molecular flexibility index (Phi) is 3.22. The van der Waals surface area contributed by atoms with E-state index in [2.05, 4.69) is 10.2 Å². The topological polar surface area (TPSA) is 55.0 Å². The molecule has 16 heavy (non-hydrogen) atoms. The van der Waals surface area contributed by atoms with E-state index in [0.29, 0.717) is 10.6 Å². The zero-order valence-corrected chi connectivity index (χ0v) is 9.07. The van der Waals surface area contributed by atoms with Gasteiger partial charge in [-0.3, -0.25) is 5.10 Å². The second kappa shape index (κ2) is 4.81. The molecule has 0 saturated carbocycles. The van der Waals surface area contributed by atoms with Crippen LogP contribution in [0.1, 0.15) is 15.9 Å². The van der Waals surface area contributed by atoms with Crippen molar-refractivity contribution in [2.45, 2.75) is 6.61 Å². The van der Waals surface area contributed by atoms with Crippen LogP contribution in [0.2, 0.25) is 5.02 Å². The predicted molar refractivity (Wildman–Crippen MR) is 59.2 cm³/mol. The third-order valence-corrected chi connectivity index (χ3v) is 2.26. The normalized spacial score (nSPS) is 10.1. The molecule has 1 N–H and O–H groups in total. The van der Waals surface area contributed by atoms with Crippen molar-refractivity contribution < 1.29 is 9.53 Å². The number of carbonyl (C=O) groups excluding carboxylic acids is 1. The Morgan fingerprint density at radius 2 is 2.12 bits per heavy atom. The van der Waals surface area contributed by atoms with E-state index in [0.717, 1.165) is 5.56 Å². The molecule has 1 aromatic heterocycles. The molecule has 0 aliphatic rings. The van der Waals surface area contributed by atoms with Gasteiger partial charge in [0.1, 0.15) is 6.61 Å². The molecule has 0 saturated heterocycles. The van der Waals surface area contributed by atoms with Gasteiger partial charge in [0, 0.05) is 16.8 Å². The number of nitrogens with zero attached hydrogens (tertiary/aromatic N) is 1. The first-order valence-electron chi connectivity index (χ1n) is 4.66. The number of hydrogen-bond acceptors (Lipinski definition) is 3. The van der Waals surface area contributed by atoms with Crippen LogP contribution in [0.3, 0.4) is 0 Å². The van der Waals surface area contributed by atoms with Gasteiger partial charge in [0.2, 0.25) is 0 Å². The number of H-pyrrole nitrogens is 1. The standard InChI is InChI=1S/C11H9ClN2O2/c12-10-3-1-9(2-4-10)11(15)16-7-8-5-13-14-6-8/h1-6H,7H2,(H,13,14). The first kappa shape index (κ1) is 10.7. The zero-order valence-electron chi connectivity index (χ0n) is 8.31. The fraction of sp³-hybridized carbons (Fsp3) is 0.0909. The number of halogens is 1. The van der Waals surface area contributed by atoms with Crippen LogP contribution in [-0.4, -0.2) is 16.2 Å². The largest absolute Gasteiger partial charge is 0.457 e. The number of esters is 1. The first-order chi connectivity index (χ1) is 7.75. The lowest BCUT2D eigenvalue weighted by Gasteiger charge is -2.02. The van der Waals surface area contributed by atoms with E-state index < -0.39 is 0 Å². The number of carbonyl (C=O) groups is 1. The van der Waals surface area contributed by atoms with Crippen molar-refractivity contribution >= 4 is 17.6 Å². The highest BCUT2D eigenvalue weighted by atomic mass is 35.5. The van der Waals surface area contributed by atoms with Gasteiger partial charge in [-0.05, 0) is 24.3 Å². The summed E-state index contributed by atoms with van der Waals surface area (Å²) in [6, 6.07) is 6.55. The minimum absolute atomic E-state index is 0.206. The van der Waals surface area contributed by atoms with E-state index in [-0.39, 0.29) is 12.6 Å². The molecule has 0 aliphatic carbocycles. The van der Waals surface area contributed by atoms with Crippen LogP contribution in [0.4, 0.5) is 0 Å². The summed E-state index contributed by atoms with van der Waals surface area (Å²) in [4.78, 5) is 11.6. The van der Waals surface area contributed by atoms with E-state index in [4.69, 9.17) is 16.3 Å². The summed E-state index contributed by atoms with van der Waals surface area (Å²) in [6.07, 6.45) is 3.28. The van der Waals surface area contributed by atoms with Crippen molar-refractivity contribution in [3.8, 4) is 0 Å². The molecular formula is C11H9ClN2O2. The molecular weight excluding hydrogens is 228 g/mol. The molecule has 4 nitrogen and oxygen atoms in total. The van der Waals surface area contributed by atoms with Crippen molar-refractivity contribution in [1.29, 1.82) is 0 Å². The summed E-state index contributed by atoms with van der Waals surface area (Å²) in [6.45, 7) is 0.206. The van der Waals surface area contributed by atoms with E-state index in [1.807, 2.05) is 0 Å². The molecule has 2 aromatic rings. The molecule has 2 rings (SSSR count). The number of aromatic nitrogens is 2. The number of rotatable bonds is 3. The Morgan fingerprint density at radius 1 is 1.38 bits per heavy atom. The summed E-state index contributed by atoms with van der Waals surface area (Å²) < 4.78 is 5.07. The molecule has 0 bridgehead atoms. The lowest BCUT2D eigenvalue weighted by Crippen LogP contribution is -2.04. The molecule has 1 heterocycles. The lowest BCUT2D eigenvalue weighted by atomic mass is 10.2. The third kappa shape index (κ3) is 2.61. The zero-order chi connectivity index (χ0) is 11.4. The van der Waals surface area contributed by atoms with Gasteiger partial charge in [0.05, 0.1) is 11.8 Å². The smallest absolute Gasteiger partial charge is 0.338 e. The molecule has 5 heteroatoms. The Morgan fingerprint density at radius 3 is 2.75 bits per heavy atom. The highest BCUT2D eigenvalue weighted by molar-refractivity contribution is 6.30. The van der Waals surface area contributed by atoms with Gasteiger partial charge in [-0.25, -0.2) is 4.79 Å². The minimum Gasteiger partial charge on any atom is -0.457 e. The second-order valence-corrected chi connectivity index (χ2v) is 3.63. The number of ether oxygens (including phenoxy) is 1. The maximum atomic E-state index is 11.6. The van der Waals surface area contributed by atoms with Gasteiger partial charge in [-0.15, -0.1) is 0 Å². The van der Waals surface area contributed by atoms with Gasteiger partial charge in [-0.1, -0.05) is 11.6 Å². The van der Waals surface area contributed by atoms with Crippen LogP contribution in [0.5, 0.6) is 0 Å². The second-order valence-electron chi connectivity index (χ2n) is 3.19. The summed E-state index contributed by atoms with van der Waals surface area (Å²) in [5.41, 5.74) is 1.30. The number of benzene rings is 1. The lowest BCUT2D eigenvalue weighted by molar-refractivity contribution is 0.0473. The summed E-state index contributed by atoms with van der Waals surface area (Å²) >= 11 is 5.71. The van der Waals surface area contributed by atoms with Gasteiger partial charge >= 0.3 is 5.97 Å². The van der Waals surface area contributed by atoms with Crippen LogP contribution < -0.4 is 0 Å². The van der Waals surface area contributed by atoms with Crippen molar-refractivity contribution in [3.05, 3.63) is 52.8 Å². The first-order valence-corrected chi connectivity index (χ1v) is 5.04. The monoisotopic (exact) mass is 236 g/mol. The van der Waals surface area contributed by atoms with Crippen LogP contribution >= 0.6 is 11.6 Å². The van der Waals surface area contributed by atoms with Crippen molar-refractivity contribution in [2.75, 3.05) is 0 Å². The minimum atomic E-state index is -0.377. The van der Waals surface area contributed by atoms with Crippen LogP contribution in [0, 0.1) is 0 Å². The van der Waals surface area contributed by atoms with Crippen molar-refractivity contribution in [1.82, 2.24) is 10.2 Å². The number of nitrogens with one attached hydrogen (secondary N) is 1. The van der Waals surface area contributed by atoms with Gasteiger partial charge < -0.3 is 4.74 Å². The van der Waals surface area contributed by atoms with Crippen LogP contribution in [-0.2, 0) is 11.3 Å². The van der Waals surface area contributed by atoms with Gasteiger partial charge in [0.25, 0.3) is 0 Å². The van der Waals surface area contributed by atoms with E-state index in [1.54, 1.807) is 36.7 Å². The Balaban J connectivity index is 1.95. The Labute approximate surface area is 97.2 Å². The maximum Gasteiger partial charge on any atom is 0.338 e. The molecule has 1 aromatic carbocycles. The quantitative estimate of drug-likeness (QED) is 0.833. The van der Waals surface area contributed by atoms with E-state index in [9.17, 15) is 4.79 Å². The molecule has 0 unspecified atom stereocenters. The Hall–Kier alpha value is -1.81. The van der Waals surface area contributed by atoms with Crippen molar-refractivity contribution in [3.63, 3.8) is 0 Å². The molecule has 0 atom stereocenters. The van der Waals surface area contributed by atoms with E-state index >= 15 is 0 Å². The molecule has 0 spiro atoms. The Bertz CT molecular complexity index is 465. The van der Waals surface area contributed by atoms with Crippen molar-refractivity contribution in [2.24, 2.45) is 0 Å². The summed E-state index contributed by atoms with van der Waals surface area (Å²) in [5, 5.41) is 6.98.